The maximum absolute atomic E-state index is 14.0. The van der Waals surface area contributed by atoms with Crippen molar-refractivity contribution in [1.82, 2.24) is 29.9 Å². The molecule has 168 valence electrons. The number of pyridine rings is 1. The molecule has 7 rings (SSSR count). The second-order valence-corrected chi connectivity index (χ2v) is 9.41. The lowest BCUT2D eigenvalue weighted by atomic mass is 9.64. The summed E-state index contributed by atoms with van der Waals surface area (Å²) >= 11 is 6.31. The van der Waals surface area contributed by atoms with Crippen LogP contribution in [-0.2, 0) is 6.42 Å². The minimum absolute atomic E-state index is 0.0240. The summed E-state index contributed by atoms with van der Waals surface area (Å²) in [6.45, 7) is 2.26. The number of hydrogen-bond donors (Lipinski definition) is 0. The number of aromatic nitrogens is 5. The van der Waals surface area contributed by atoms with Crippen LogP contribution in [-0.4, -0.2) is 47.9 Å². The molecule has 1 saturated carbocycles. The van der Waals surface area contributed by atoms with E-state index in [1.807, 2.05) is 12.1 Å². The van der Waals surface area contributed by atoms with Crippen molar-refractivity contribution in [3.05, 3.63) is 65.4 Å². The summed E-state index contributed by atoms with van der Waals surface area (Å²) in [6, 6.07) is 9.36. The van der Waals surface area contributed by atoms with Crippen molar-refractivity contribution >= 4 is 28.7 Å². The molecule has 3 aromatic heterocycles. The van der Waals surface area contributed by atoms with E-state index in [4.69, 9.17) is 16.0 Å². The van der Waals surface area contributed by atoms with E-state index in [1.54, 1.807) is 36.8 Å². The Kier molecular flexibility index (Phi) is 4.90. The summed E-state index contributed by atoms with van der Waals surface area (Å²) in [5, 5.41) is 8.97. The van der Waals surface area contributed by atoms with Crippen molar-refractivity contribution < 1.29 is 9.21 Å². The maximum atomic E-state index is 14.0. The van der Waals surface area contributed by atoms with Crippen LogP contribution in [0, 0.1) is 11.8 Å². The Morgan fingerprint density at radius 3 is 2.79 bits per heavy atom. The van der Waals surface area contributed by atoms with E-state index in [1.165, 1.54) is 4.80 Å². The monoisotopic (exact) mass is 462 g/mol. The molecule has 0 N–H and O–H groups in total. The van der Waals surface area contributed by atoms with Crippen molar-refractivity contribution in [3.8, 4) is 5.69 Å². The molecule has 0 spiro atoms. The molecule has 1 amide bonds. The van der Waals surface area contributed by atoms with Gasteiger partial charge in [-0.05, 0) is 61.4 Å². The maximum Gasteiger partial charge on any atom is 0.256 e. The zero-order valence-corrected chi connectivity index (χ0v) is 18.9. The number of carbonyl (C=O) groups excluding carboxylic acids is 1. The summed E-state index contributed by atoms with van der Waals surface area (Å²) in [6.07, 6.45) is 8.42. The molecular formula is C24H23ClN6O2. The predicted molar refractivity (Wildman–Crippen MR) is 122 cm³/mol. The summed E-state index contributed by atoms with van der Waals surface area (Å²) < 4.78 is 5.83. The Morgan fingerprint density at radius 1 is 1.18 bits per heavy atom. The third-order valence-electron chi connectivity index (χ3n) is 7.17. The number of benzene rings is 1. The largest absolute Gasteiger partial charge is 0.422 e. The first-order valence-electron chi connectivity index (χ1n) is 11.3. The number of aryl methyl sites for hydroxylation is 1. The summed E-state index contributed by atoms with van der Waals surface area (Å²) in [5.74, 6) is 1.68. The van der Waals surface area contributed by atoms with Crippen LogP contribution in [0.2, 0.25) is 5.02 Å². The molecule has 3 aliphatic rings. The van der Waals surface area contributed by atoms with E-state index in [2.05, 4.69) is 32.0 Å². The molecule has 2 saturated heterocycles. The van der Waals surface area contributed by atoms with Gasteiger partial charge >= 0.3 is 0 Å². The average molecular weight is 463 g/mol. The topological polar surface area (TPSA) is 89.9 Å². The van der Waals surface area contributed by atoms with Gasteiger partial charge in [0.2, 0.25) is 5.71 Å². The van der Waals surface area contributed by atoms with Crippen molar-refractivity contribution in [2.24, 2.45) is 11.8 Å². The lowest BCUT2D eigenvalue weighted by Gasteiger charge is -2.57. The van der Waals surface area contributed by atoms with E-state index >= 15 is 0 Å². The van der Waals surface area contributed by atoms with Crippen LogP contribution in [0.25, 0.3) is 16.9 Å². The Bertz CT molecular complexity index is 1280. The molecular weight excluding hydrogens is 440 g/mol. The number of nitrogens with zero attached hydrogens (tertiary/aromatic N) is 6. The number of halogens is 1. The number of rotatable bonds is 5. The SMILES string of the molecule is C[C@@H]1C2CC(C2)N(C(=O)c2cc(Cl)ccc2-n2nccn2)C1CCc1nc2cccnc2o1. The Hall–Kier alpha value is -3.26. The smallest absolute Gasteiger partial charge is 0.256 e. The fourth-order valence-corrected chi connectivity index (χ4v) is 5.54. The summed E-state index contributed by atoms with van der Waals surface area (Å²) in [5.41, 5.74) is 2.46. The lowest BCUT2D eigenvalue weighted by Crippen LogP contribution is -2.63. The first kappa shape index (κ1) is 20.4. The summed E-state index contributed by atoms with van der Waals surface area (Å²) in [4.78, 5) is 26.3. The normalized spacial score (nSPS) is 24.1. The van der Waals surface area contributed by atoms with E-state index < -0.39 is 0 Å². The van der Waals surface area contributed by atoms with Gasteiger partial charge in [-0.1, -0.05) is 18.5 Å². The second-order valence-electron chi connectivity index (χ2n) is 8.98. The number of hydrogen-bond acceptors (Lipinski definition) is 6. The third kappa shape index (κ3) is 3.49. The van der Waals surface area contributed by atoms with Gasteiger partial charge < -0.3 is 9.32 Å². The van der Waals surface area contributed by atoms with Gasteiger partial charge in [-0.15, -0.1) is 0 Å². The van der Waals surface area contributed by atoms with Gasteiger partial charge in [0.05, 0.1) is 23.6 Å². The van der Waals surface area contributed by atoms with Crippen molar-refractivity contribution in [1.29, 1.82) is 0 Å². The van der Waals surface area contributed by atoms with E-state index in [0.29, 0.717) is 46.1 Å². The number of piperidine rings is 2. The Morgan fingerprint density at radius 2 is 2.00 bits per heavy atom. The van der Waals surface area contributed by atoms with Crippen LogP contribution < -0.4 is 0 Å². The van der Waals surface area contributed by atoms with E-state index in [9.17, 15) is 4.79 Å². The molecule has 1 aliphatic carbocycles. The van der Waals surface area contributed by atoms with E-state index in [-0.39, 0.29) is 18.0 Å². The third-order valence-corrected chi connectivity index (χ3v) is 7.41. The zero-order valence-electron chi connectivity index (χ0n) is 18.1. The van der Waals surface area contributed by atoms with Gasteiger partial charge in [-0.3, -0.25) is 4.79 Å². The standard InChI is InChI=1S/C24H23ClN6O2/c1-14-15-11-17(12-15)30(20(14)6-7-22-29-19-3-2-8-26-23(19)33-22)24(32)18-13-16(25)4-5-21(18)31-27-9-10-28-31/h2-5,8-10,13-15,17,20H,6-7,11-12H2,1H3/t14-,15?,17?,20?/m1/s1. The van der Waals surface area contributed by atoms with Gasteiger partial charge in [-0.25, -0.2) is 9.97 Å². The molecule has 2 atom stereocenters. The molecule has 1 aromatic carbocycles. The number of amides is 1. The van der Waals surface area contributed by atoms with Gasteiger partial charge in [-0.2, -0.15) is 15.0 Å². The first-order valence-corrected chi connectivity index (χ1v) is 11.7. The molecule has 2 aliphatic heterocycles. The highest BCUT2D eigenvalue weighted by atomic mass is 35.5. The van der Waals surface area contributed by atoms with Gasteiger partial charge in [0.1, 0.15) is 5.52 Å². The van der Waals surface area contributed by atoms with Crippen molar-refractivity contribution in [2.45, 2.75) is 44.7 Å². The minimum atomic E-state index is -0.0240. The highest BCUT2D eigenvalue weighted by Crippen LogP contribution is 2.48. The highest BCUT2D eigenvalue weighted by Gasteiger charge is 2.50. The fourth-order valence-electron chi connectivity index (χ4n) is 5.37. The predicted octanol–water partition coefficient (Wildman–Crippen LogP) is 4.33. The fraction of sp³-hybridized carbons (Fsp3) is 0.375. The molecule has 1 unspecified atom stereocenters. The van der Waals surface area contributed by atoms with E-state index in [0.717, 1.165) is 24.8 Å². The molecule has 5 heterocycles. The number of oxazole rings is 1. The highest BCUT2D eigenvalue weighted by molar-refractivity contribution is 6.31. The van der Waals surface area contributed by atoms with Crippen molar-refractivity contribution in [2.75, 3.05) is 0 Å². The van der Waals surface area contributed by atoms with Gasteiger partial charge in [0.15, 0.2) is 5.89 Å². The van der Waals surface area contributed by atoms with Crippen LogP contribution in [0.3, 0.4) is 0 Å². The second kappa shape index (κ2) is 7.95. The summed E-state index contributed by atoms with van der Waals surface area (Å²) in [7, 11) is 0. The quantitative estimate of drug-likeness (QED) is 0.438. The zero-order chi connectivity index (χ0) is 22.5. The van der Waals surface area contributed by atoms with Crippen LogP contribution in [0.4, 0.5) is 0 Å². The molecule has 3 fully saturated rings. The molecule has 4 aromatic rings. The van der Waals surface area contributed by atoms with Crippen LogP contribution >= 0.6 is 11.6 Å². The lowest BCUT2D eigenvalue weighted by molar-refractivity contribution is -0.0573. The molecule has 9 heteroatoms. The number of carbonyl (C=O) groups is 1. The van der Waals surface area contributed by atoms with Crippen LogP contribution in [0.5, 0.6) is 0 Å². The molecule has 8 nitrogen and oxygen atoms in total. The van der Waals surface area contributed by atoms with Crippen LogP contribution in [0.1, 0.15) is 42.4 Å². The first-order chi connectivity index (χ1) is 16.1. The Balaban J connectivity index is 1.31. The molecule has 0 radical (unpaired) electrons. The number of fused-ring (bicyclic) bond motifs is 3. The van der Waals surface area contributed by atoms with Crippen LogP contribution in [0.15, 0.2) is 53.3 Å². The van der Waals surface area contributed by atoms with Crippen molar-refractivity contribution in [3.63, 3.8) is 0 Å². The van der Waals surface area contributed by atoms with Gasteiger partial charge in [0.25, 0.3) is 5.91 Å². The minimum Gasteiger partial charge on any atom is -0.422 e. The van der Waals surface area contributed by atoms with Gasteiger partial charge in [0, 0.05) is 29.7 Å². The average Bonchev–Trinajstić information content (AvgIpc) is 3.46. The molecule has 33 heavy (non-hydrogen) atoms. The molecule has 2 bridgehead atoms. The Labute approximate surface area is 195 Å².